The summed E-state index contributed by atoms with van der Waals surface area (Å²) in [5.41, 5.74) is 0.960. The van der Waals surface area contributed by atoms with Crippen LogP contribution in [0.4, 0.5) is 0 Å². The van der Waals surface area contributed by atoms with Crippen molar-refractivity contribution in [2.24, 2.45) is 5.92 Å². The number of rotatable bonds is 4. The van der Waals surface area contributed by atoms with Crippen LogP contribution in [0, 0.1) is 5.92 Å². The predicted octanol–water partition coefficient (Wildman–Crippen LogP) is 2.03. The fourth-order valence-electron chi connectivity index (χ4n) is 1.99. The Kier molecular flexibility index (Phi) is 3.57. The number of amides is 1. The van der Waals surface area contributed by atoms with Crippen LogP contribution in [-0.4, -0.2) is 23.0 Å². The maximum atomic E-state index is 11.8. The molecule has 4 nitrogen and oxygen atoms in total. The molecule has 1 aliphatic carbocycles. The minimum atomic E-state index is -1.03. The molecule has 1 aromatic rings. The first-order valence-corrected chi connectivity index (χ1v) is 6.16. The number of carbonyl (C=O) groups is 2. The molecule has 1 amide bonds. The lowest BCUT2D eigenvalue weighted by Gasteiger charge is -2.09. The van der Waals surface area contributed by atoms with Gasteiger partial charge in [-0.25, -0.2) is 0 Å². The number of benzene rings is 1. The molecule has 1 fully saturated rings. The topological polar surface area (TPSA) is 66.4 Å². The Morgan fingerprint density at radius 1 is 1.44 bits per heavy atom. The Bertz CT molecular complexity index is 489. The smallest absolute Gasteiger partial charge is 0.325 e. The van der Waals surface area contributed by atoms with Gasteiger partial charge in [0, 0.05) is 10.9 Å². The standard InChI is InChI=1S/C13H14ClNO3/c1-7(13(17)18)15-12(16)10-6-9(10)8-4-2-3-5-11(8)14/h2-5,7,9-10H,6H2,1H3,(H,15,16)(H,17,18)/t7-,9?,10?/m0/s1. The number of carboxylic acids is 1. The summed E-state index contributed by atoms with van der Waals surface area (Å²) in [6, 6.07) is 6.57. The number of nitrogens with one attached hydrogen (secondary N) is 1. The third kappa shape index (κ3) is 2.64. The van der Waals surface area contributed by atoms with Crippen LogP contribution in [-0.2, 0) is 9.59 Å². The molecule has 96 valence electrons. The zero-order valence-electron chi connectivity index (χ0n) is 9.89. The second kappa shape index (κ2) is 4.98. The highest BCUT2D eigenvalue weighted by atomic mass is 35.5. The molecule has 0 aromatic heterocycles. The van der Waals surface area contributed by atoms with Crippen molar-refractivity contribution in [1.82, 2.24) is 5.32 Å². The van der Waals surface area contributed by atoms with Crippen molar-refractivity contribution >= 4 is 23.5 Å². The van der Waals surface area contributed by atoms with Gasteiger partial charge in [-0.2, -0.15) is 0 Å². The van der Waals surface area contributed by atoms with Crippen molar-refractivity contribution < 1.29 is 14.7 Å². The van der Waals surface area contributed by atoms with Gasteiger partial charge in [0.1, 0.15) is 6.04 Å². The van der Waals surface area contributed by atoms with Gasteiger partial charge in [-0.05, 0) is 30.9 Å². The van der Waals surface area contributed by atoms with Gasteiger partial charge in [0.25, 0.3) is 0 Å². The lowest BCUT2D eigenvalue weighted by molar-refractivity contribution is -0.141. The van der Waals surface area contributed by atoms with Gasteiger partial charge >= 0.3 is 5.97 Å². The van der Waals surface area contributed by atoms with E-state index in [0.717, 1.165) is 12.0 Å². The van der Waals surface area contributed by atoms with Crippen LogP contribution in [0.15, 0.2) is 24.3 Å². The third-order valence-electron chi connectivity index (χ3n) is 3.16. The summed E-state index contributed by atoms with van der Waals surface area (Å²) in [5, 5.41) is 11.9. The molecule has 0 spiro atoms. The average Bonchev–Trinajstić information content (AvgIpc) is 3.09. The number of carboxylic acid groups (broad SMARTS) is 1. The average molecular weight is 268 g/mol. The maximum absolute atomic E-state index is 11.8. The Morgan fingerprint density at radius 2 is 2.11 bits per heavy atom. The van der Waals surface area contributed by atoms with Gasteiger partial charge < -0.3 is 10.4 Å². The summed E-state index contributed by atoms with van der Waals surface area (Å²) < 4.78 is 0. The highest BCUT2D eigenvalue weighted by Crippen LogP contribution is 2.49. The van der Waals surface area contributed by atoms with Crippen molar-refractivity contribution in [3.8, 4) is 0 Å². The third-order valence-corrected chi connectivity index (χ3v) is 3.51. The van der Waals surface area contributed by atoms with E-state index in [1.807, 2.05) is 18.2 Å². The molecule has 3 atom stereocenters. The second-order valence-electron chi connectivity index (χ2n) is 4.54. The summed E-state index contributed by atoms with van der Waals surface area (Å²) in [4.78, 5) is 22.4. The van der Waals surface area contributed by atoms with Crippen molar-refractivity contribution in [2.75, 3.05) is 0 Å². The Balaban J connectivity index is 1.97. The van der Waals surface area contributed by atoms with Gasteiger partial charge in [0.05, 0.1) is 0 Å². The summed E-state index contributed by atoms with van der Waals surface area (Å²) in [6.45, 7) is 1.45. The first-order valence-electron chi connectivity index (χ1n) is 5.78. The molecular weight excluding hydrogens is 254 g/mol. The molecule has 2 N–H and O–H groups in total. The Morgan fingerprint density at radius 3 is 2.72 bits per heavy atom. The normalized spacial score (nSPS) is 23.2. The molecule has 18 heavy (non-hydrogen) atoms. The van der Waals surface area contributed by atoms with Crippen molar-refractivity contribution in [1.29, 1.82) is 0 Å². The van der Waals surface area contributed by atoms with E-state index in [-0.39, 0.29) is 17.7 Å². The Hall–Kier alpha value is -1.55. The van der Waals surface area contributed by atoms with Gasteiger partial charge in [-0.1, -0.05) is 29.8 Å². The van der Waals surface area contributed by atoms with E-state index >= 15 is 0 Å². The van der Waals surface area contributed by atoms with Gasteiger partial charge in [-0.3, -0.25) is 9.59 Å². The molecule has 2 unspecified atom stereocenters. The van der Waals surface area contributed by atoms with Crippen LogP contribution in [0.1, 0.15) is 24.8 Å². The monoisotopic (exact) mass is 267 g/mol. The summed E-state index contributed by atoms with van der Waals surface area (Å²) in [5.74, 6) is -1.29. The van der Waals surface area contributed by atoms with E-state index in [9.17, 15) is 9.59 Å². The minimum absolute atomic E-state index is 0.111. The van der Waals surface area contributed by atoms with Crippen LogP contribution < -0.4 is 5.32 Å². The number of aliphatic carboxylic acids is 1. The van der Waals surface area contributed by atoms with E-state index in [4.69, 9.17) is 16.7 Å². The van der Waals surface area contributed by atoms with E-state index in [1.165, 1.54) is 6.92 Å². The van der Waals surface area contributed by atoms with Crippen LogP contribution >= 0.6 is 11.6 Å². The van der Waals surface area contributed by atoms with E-state index in [0.29, 0.717) is 5.02 Å². The van der Waals surface area contributed by atoms with Crippen molar-refractivity contribution in [3.05, 3.63) is 34.9 Å². The fourth-order valence-corrected chi connectivity index (χ4v) is 2.26. The summed E-state index contributed by atoms with van der Waals surface area (Å²) >= 11 is 6.06. The lowest BCUT2D eigenvalue weighted by atomic mass is 10.1. The van der Waals surface area contributed by atoms with Crippen molar-refractivity contribution in [3.63, 3.8) is 0 Å². The number of halogens is 1. The van der Waals surface area contributed by atoms with E-state index in [1.54, 1.807) is 6.07 Å². The first kappa shape index (κ1) is 12.9. The summed E-state index contributed by atoms with van der Waals surface area (Å²) in [6.07, 6.45) is 0.724. The van der Waals surface area contributed by atoms with Crippen LogP contribution in [0.2, 0.25) is 5.02 Å². The van der Waals surface area contributed by atoms with Crippen molar-refractivity contribution in [2.45, 2.75) is 25.3 Å². The Labute approximate surface area is 110 Å². The van der Waals surface area contributed by atoms with Crippen LogP contribution in [0.5, 0.6) is 0 Å². The largest absolute Gasteiger partial charge is 0.480 e. The lowest BCUT2D eigenvalue weighted by Crippen LogP contribution is -2.39. The molecule has 0 bridgehead atoms. The van der Waals surface area contributed by atoms with Crippen LogP contribution in [0.25, 0.3) is 0 Å². The maximum Gasteiger partial charge on any atom is 0.325 e. The van der Waals surface area contributed by atoms with Gasteiger partial charge in [0.15, 0.2) is 0 Å². The molecule has 0 radical (unpaired) electrons. The molecule has 1 aromatic carbocycles. The highest BCUT2D eigenvalue weighted by molar-refractivity contribution is 6.31. The molecule has 5 heteroatoms. The molecule has 0 saturated heterocycles. The van der Waals surface area contributed by atoms with Gasteiger partial charge in [-0.15, -0.1) is 0 Å². The predicted molar refractivity (Wildman–Crippen MR) is 67.5 cm³/mol. The highest BCUT2D eigenvalue weighted by Gasteiger charge is 2.45. The van der Waals surface area contributed by atoms with E-state index < -0.39 is 12.0 Å². The van der Waals surface area contributed by atoms with E-state index in [2.05, 4.69) is 5.32 Å². The minimum Gasteiger partial charge on any atom is -0.480 e. The fraction of sp³-hybridized carbons (Fsp3) is 0.385. The molecule has 1 aliphatic rings. The molecule has 0 aliphatic heterocycles. The molecule has 1 saturated carbocycles. The molecule has 2 rings (SSSR count). The zero-order valence-corrected chi connectivity index (χ0v) is 10.6. The molecular formula is C13H14ClNO3. The SMILES string of the molecule is C[C@H](NC(=O)C1CC1c1ccccc1Cl)C(=O)O. The zero-order chi connectivity index (χ0) is 13.3. The number of hydrogen-bond acceptors (Lipinski definition) is 2. The number of carbonyl (C=O) groups excluding carboxylic acids is 1. The summed E-state index contributed by atoms with van der Waals surface area (Å²) in [7, 11) is 0. The van der Waals surface area contributed by atoms with Crippen LogP contribution in [0.3, 0.4) is 0 Å². The first-order chi connectivity index (χ1) is 8.50. The van der Waals surface area contributed by atoms with Gasteiger partial charge in [0.2, 0.25) is 5.91 Å². The molecule has 0 heterocycles. The second-order valence-corrected chi connectivity index (χ2v) is 4.95. The quantitative estimate of drug-likeness (QED) is 0.877. The number of hydrogen-bond donors (Lipinski definition) is 2.